The standard InChI is InChI=1S/C15H11ClN4O2S/c16-12-2-1-3-14(20(21)22)11(12)8-18-15-19-13(9-23-15)10-4-6-17-7-5-10/h1-7,9H,8H2,(H,18,19). The zero-order chi connectivity index (χ0) is 16.2. The van der Waals surface area contributed by atoms with Gasteiger partial charge in [0.1, 0.15) is 0 Å². The van der Waals surface area contributed by atoms with Gasteiger partial charge in [-0.05, 0) is 18.2 Å². The van der Waals surface area contributed by atoms with Crippen LogP contribution in [0.5, 0.6) is 0 Å². The van der Waals surface area contributed by atoms with Crippen molar-refractivity contribution in [2.75, 3.05) is 5.32 Å². The summed E-state index contributed by atoms with van der Waals surface area (Å²) in [6.07, 6.45) is 3.41. The molecule has 0 spiro atoms. The van der Waals surface area contributed by atoms with Crippen molar-refractivity contribution in [2.24, 2.45) is 0 Å². The Labute approximate surface area is 140 Å². The molecular formula is C15H11ClN4O2S. The quantitative estimate of drug-likeness (QED) is 0.547. The van der Waals surface area contributed by atoms with Crippen molar-refractivity contribution in [3.8, 4) is 11.3 Å². The summed E-state index contributed by atoms with van der Waals surface area (Å²) in [6, 6.07) is 8.38. The lowest BCUT2D eigenvalue weighted by atomic mass is 10.2. The fraction of sp³-hybridized carbons (Fsp3) is 0.0667. The van der Waals surface area contributed by atoms with E-state index in [0.29, 0.717) is 15.7 Å². The summed E-state index contributed by atoms with van der Waals surface area (Å²) in [7, 11) is 0. The van der Waals surface area contributed by atoms with Crippen LogP contribution in [0.3, 0.4) is 0 Å². The lowest BCUT2D eigenvalue weighted by molar-refractivity contribution is -0.385. The first kappa shape index (κ1) is 15.4. The number of thiazole rings is 1. The van der Waals surface area contributed by atoms with E-state index in [1.807, 2.05) is 17.5 Å². The fourth-order valence-electron chi connectivity index (χ4n) is 2.07. The minimum absolute atomic E-state index is 0.00378. The zero-order valence-electron chi connectivity index (χ0n) is 11.8. The maximum atomic E-state index is 11.1. The Morgan fingerprint density at radius 1 is 1.26 bits per heavy atom. The molecule has 0 bridgehead atoms. The molecule has 0 aliphatic carbocycles. The summed E-state index contributed by atoms with van der Waals surface area (Å²) in [5.41, 5.74) is 2.23. The minimum Gasteiger partial charge on any atom is -0.357 e. The SMILES string of the molecule is O=[N+]([O-])c1cccc(Cl)c1CNc1nc(-c2ccncc2)cs1. The summed E-state index contributed by atoms with van der Waals surface area (Å²) in [6.45, 7) is 0.235. The summed E-state index contributed by atoms with van der Waals surface area (Å²) < 4.78 is 0. The lowest BCUT2D eigenvalue weighted by Crippen LogP contribution is -2.03. The first-order chi connectivity index (χ1) is 11.1. The van der Waals surface area contributed by atoms with Crippen LogP contribution < -0.4 is 5.32 Å². The van der Waals surface area contributed by atoms with Crippen LogP contribution in [-0.4, -0.2) is 14.9 Å². The van der Waals surface area contributed by atoms with Crippen molar-refractivity contribution < 1.29 is 4.92 Å². The third kappa shape index (κ3) is 3.46. The van der Waals surface area contributed by atoms with Crippen LogP contribution in [0.4, 0.5) is 10.8 Å². The van der Waals surface area contributed by atoms with E-state index in [-0.39, 0.29) is 12.2 Å². The minimum atomic E-state index is -0.437. The molecule has 8 heteroatoms. The number of aromatic nitrogens is 2. The van der Waals surface area contributed by atoms with Crippen molar-refractivity contribution in [3.63, 3.8) is 0 Å². The highest BCUT2D eigenvalue weighted by Crippen LogP contribution is 2.29. The molecule has 23 heavy (non-hydrogen) atoms. The Hall–Kier alpha value is -2.51. The first-order valence-electron chi connectivity index (χ1n) is 6.66. The summed E-state index contributed by atoms with van der Waals surface area (Å²) >= 11 is 7.50. The molecule has 0 atom stereocenters. The molecule has 3 rings (SSSR count). The summed E-state index contributed by atoms with van der Waals surface area (Å²) in [5, 5.41) is 17.1. The number of benzene rings is 1. The van der Waals surface area contributed by atoms with Gasteiger partial charge in [0.05, 0.1) is 27.7 Å². The number of rotatable bonds is 5. The van der Waals surface area contributed by atoms with E-state index >= 15 is 0 Å². The molecule has 0 aliphatic rings. The van der Waals surface area contributed by atoms with Crippen molar-refractivity contribution in [2.45, 2.75) is 6.54 Å². The van der Waals surface area contributed by atoms with Gasteiger partial charge in [0.25, 0.3) is 5.69 Å². The molecule has 0 saturated carbocycles. The molecular weight excluding hydrogens is 336 g/mol. The molecule has 3 aromatic rings. The van der Waals surface area contributed by atoms with Gasteiger partial charge in [-0.2, -0.15) is 0 Å². The number of nitro groups is 1. The molecule has 1 N–H and O–H groups in total. The molecule has 2 heterocycles. The number of nitrogens with one attached hydrogen (secondary N) is 1. The topological polar surface area (TPSA) is 81.0 Å². The fourth-order valence-corrected chi connectivity index (χ4v) is 3.02. The molecule has 0 unspecified atom stereocenters. The highest BCUT2D eigenvalue weighted by atomic mass is 35.5. The van der Waals surface area contributed by atoms with Crippen molar-refractivity contribution in [1.82, 2.24) is 9.97 Å². The van der Waals surface area contributed by atoms with Crippen LogP contribution >= 0.6 is 22.9 Å². The van der Waals surface area contributed by atoms with E-state index in [9.17, 15) is 10.1 Å². The maximum absolute atomic E-state index is 11.1. The Morgan fingerprint density at radius 2 is 2.04 bits per heavy atom. The Balaban J connectivity index is 1.78. The third-order valence-corrected chi connectivity index (χ3v) is 4.34. The molecule has 116 valence electrons. The smallest absolute Gasteiger partial charge is 0.275 e. The van der Waals surface area contributed by atoms with E-state index in [0.717, 1.165) is 11.3 Å². The number of halogens is 1. The molecule has 2 aromatic heterocycles. The average molecular weight is 347 g/mol. The Bertz CT molecular complexity index is 839. The second kappa shape index (κ2) is 6.72. The second-order valence-electron chi connectivity index (χ2n) is 4.62. The van der Waals surface area contributed by atoms with Gasteiger partial charge >= 0.3 is 0 Å². The summed E-state index contributed by atoms with van der Waals surface area (Å²) in [5.74, 6) is 0. The Kier molecular flexibility index (Phi) is 4.50. The van der Waals surface area contributed by atoms with E-state index in [1.54, 1.807) is 24.5 Å². The number of nitro benzene ring substituents is 1. The van der Waals surface area contributed by atoms with Crippen molar-refractivity contribution in [3.05, 3.63) is 68.8 Å². The van der Waals surface area contributed by atoms with Gasteiger partial charge in [0, 0.05) is 29.4 Å². The van der Waals surface area contributed by atoms with E-state index in [1.165, 1.54) is 17.4 Å². The zero-order valence-corrected chi connectivity index (χ0v) is 13.3. The van der Waals surface area contributed by atoms with E-state index in [4.69, 9.17) is 11.6 Å². The molecule has 0 aliphatic heterocycles. The maximum Gasteiger partial charge on any atom is 0.275 e. The van der Waals surface area contributed by atoms with Gasteiger partial charge in [-0.1, -0.05) is 17.7 Å². The molecule has 6 nitrogen and oxygen atoms in total. The van der Waals surface area contributed by atoms with Crippen molar-refractivity contribution in [1.29, 1.82) is 0 Å². The lowest BCUT2D eigenvalue weighted by Gasteiger charge is -2.06. The highest BCUT2D eigenvalue weighted by molar-refractivity contribution is 7.14. The van der Waals surface area contributed by atoms with Gasteiger partial charge in [-0.3, -0.25) is 15.1 Å². The van der Waals surface area contributed by atoms with E-state index in [2.05, 4.69) is 15.3 Å². The average Bonchev–Trinajstić information content (AvgIpc) is 3.03. The van der Waals surface area contributed by atoms with Crippen LogP contribution in [0, 0.1) is 10.1 Å². The van der Waals surface area contributed by atoms with Gasteiger partial charge in [0.15, 0.2) is 5.13 Å². The second-order valence-corrected chi connectivity index (χ2v) is 5.89. The van der Waals surface area contributed by atoms with Crippen LogP contribution in [0.2, 0.25) is 5.02 Å². The molecule has 0 amide bonds. The normalized spacial score (nSPS) is 10.5. The molecule has 0 saturated heterocycles. The van der Waals surface area contributed by atoms with Crippen molar-refractivity contribution >= 4 is 33.8 Å². The van der Waals surface area contributed by atoms with E-state index < -0.39 is 4.92 Å². The monoisotopic (exact) mass is 346 g/mol. The molecule has 0 radical (unpaired) electrons. The predicted molar refractivity (Wildman–Crippen MR) is 90.8 cm³/mol. The molecule has 0 fully saturated rings. The number of hydrogen-bond donors (Lipinski definition) is 1. The number of anilines is 1. The first-order valence-corrected chi connectivity index (χ1v) is 7.92. The molecule has 1 aromatic carbocycles. The van der Waals surface area contributed by atoms with Gasteiger partial charge in [-0.15, -0.1) is 11.3 Å². The van der Waals surface area contributed by atoms with Gasteiger partial charge in [-0.25, -0.2) is 4.98 Å². The van der Waals surface area contributed by atoms with Gasteiger partial charge in [0.2, 0.25) is 0 Å². The van der Waals surface area contributed by atoms with Crippen LogP contribution in [0.1, 0.15) is 5.56 Å². The summed E-state index contributed by atoms with van der Waals surface area (Å²) in [4.78, 5) is 19.1. The van der Waals surface area contributed by atoms with Crippen LogP contribution in [0.25, 0.3) is 11.3 Å². The highest BCUT2D eigenvalue weighted by Gasteiger charge is 2.16. The number of nitrogens with zero attached hydrogens (tertiary/aromatic N) is 3. The Morgan fingerprint density at radius 3 is 2.78 bits per heavy atom. The van der Waals surface area contributed by atoms with Crippen LogP contribution in [0.15, 0.2) is 48.1 Å². The number of pyridine rings is 1. The third-order valence-electron chi connectivity index (χ3n) is 3.19. The largest absolute Gasteiger partial charge is 0.357 e. The van der Waals surface area contributed by atoms with Gasteiger partial charge < -0.3 is 5.32 Å². The van der Waals surface area contributed by atoms with Crippen LogP contribution in [-0.2, 0) is 6.54 Å². The predicted octanol–water partition coefficient (Wildman–Crippen LogP) is 4.38. The number of hydrogen-bond acceptors (Lipinski definition) is 6.